The molecule has 1 rings (SSSR count). The molecule has 0 heterocycles. The summed E-state index contributed by atoms with van der Waals surface area (Å²) in [7, 11) is 1.44. The SMILES string of the molecule is CN(CCC#N)C(=O)c1cc(F)cc([N+](=O)[O-])c1. The average Bonchev–Trinajstić information content (AvgIpc) is 2.34. The van der Waals surface area contributed by atoms with Gasteiger partial charge in [-0.05, 0) is 6.07 Å². The third kappa shape index (κ3) is 3.25. The number of benzene rings is 1. The predicted molar refractivity (Wildman–Crippen MR) is 60.2 cm³/mol. The van der Waals surface area contributed by atoms with E-state index in [0.29, 0.717) is 0 Å². The highest BCUT2D eigenvalue weighted by atomic mass is 19.1. The molecular formula is C11H10FN3O3. The van der Waals surface area contributed by atoms with Gasteiger partial charge in [0.05, 0.1) is 23.5 Å². The quantitative estimate of drug-likeness (QED) is 0.602. The fourth-order valence-corrected chi connectivity index (χ4v) is 1.34. The van der Waals surface area contributed by atoms with E-state index in [9.17, 15) is 19.3 Å². The van der Waals surface area contributed by atoms with Crippen molar-refractivity contribution in [3.05, 3.63) is 39.7 Å². The van der Waals surface area contributed by atoms with Gasteiger partial charge in [-0.25, -0.2) is 4.39 Å². The maximum Gasteiger partial charge on any atom is 0.273 e. The van der Waals surface area contributed by atoms with Crippen LogP contribution in [0.2, 0.25) is 0 Å². The highest BCUT2D eigenvalue weighted by molar-refractivity contribution is 5.94. The molecule has 0 aliphatic heterocycles. The molecule has 0 radical (unpaired) electrons. The standard InChI is InChI=1S/C11H10FN3O3/c1-14(4-2-3-13)11(16)8-5-9(12)7-10(6-8)15(17)18/h5-7H,2,4H2,1H3. The molecule has 0 unspecified atom stereocenters. The van der Waals surface area contributed by atoms with Crippen molar-refractivity contribution in [3.8, 4) is 6.07 Å². The van der Waals surface area contributed by atoms with Crippen LogP contribution in [0.25, 0.3) is 0 Å². The molecule has 0 N–H and O–H groups in total. The molecular weight excluding hydrogens is 241 g/mol. The minimum absolute atomic E-state index is 0.109. The van der Waals surface area contributed by atoms with Crippen LogP contribution in [-0.4, -0.2) is 29.3 Å². The number of amides is 1. The maximum absolute atomic E-state index is 13.1. The van der Waals surface area contributed by atoms with E-state index in [2.05, 4.69) is 0 Å². The van der Waals surface area contributed by atoms with Gasteiger partial charge >= 0.3 is 0 Å². The molecule has 6 nitrogen and oxygen atoms in total. The molecule has 0 aliphatic carbocycles. The van der Waals surface area contributed by atoms with Crippen LogP contribution in [0.3, 0.4) is 0 Å². The molecule has 18 heavy (non-hydrogen) atoms. The summed E-state index contributed by atoms with van der Waals surface area (Å²) in [6.07, 6.45) is 0.139. The monoisotopic (exact) mass is 251 g/mol. The Morgan fingerprint density at radius 1 is 1.56 bits per heavy atom. The molecule has 0 saturated heterocycles. The number of non-ortho nitro benzene ring substituents is 1. The summed E-state index contributed by atoms with van der Waals surface area (Å²) >= 11 is 0. The number of nitro benzene ring substituents is 1. The lowest BCUT2D eigenvalue weighted by atomic mass is 10.1. The zero-order valence-corrected chi connectivity index (χ0v) is 9.59. The minimum Gasteiger partial charge on any atom is -0.341 e. The van der Waals surface area contributed by atoms with Crippen LogP contribution in [0, 0.1) is 27.3 Å². The number of halogens is 1. The van der Waals surface area contributed by atoms with Gasteiger partial charge in [0.15, 0.2) is 0 Å². The third-order valence-corrected chi connectivity index (χ3v) is 2.25. The largest absolute Gasteiger partial charge is 0.341 e. The van der Waals surface area contributed by atoms with Crippen molar-refractivity contribution < 1.29 is 14.1 Å². The Morgan fingerprint density at radius 2 is 2.22 bits per heavy atom. The second-order valence-corrected chi connectivity index (χ2v) is 3.59. The molecule has 7 heteroatoms. The Morgan fingerprint density at radius 3 is 2.78 bits per heavy atom. The van der Waals surface area contributed by atoms with Crippen molar-refractivity contribution in [1.82, 2.24) is 4.90 Å². The van der Waals surface area contributed by atoms with Gasteiger partial charge in [0.2, 0.25) is 0 Å². The normalized spacial score (nSPS) is 9.61. The summed E-state index contributed by atoms with van der Waals surface area (Å²) in [5, 5.41) is 18.9. The molecule has 0 spiro atoms. The van der Waals surface area contributed by atoms with Gasteiger partial charge < -0.3 is 4.90 Å². The number of nitro groups is 1. The van der Waals surface area contributed by atoms with Crippen LogP contribution >= 0.6 is 0 Å². The molecule has 1 aromatic carbocycles. The fourth-order valence-electron chi connectivity index (χ4n) is 1.34. The van der Waals surface area contributed by atoms with Crippen LogP contribution in [0.15, 0.2) is 18.2 Å². The number of nitriles is 1. The average molecular weight is 251 g/mol. The zero-order chi connectivity index (χ0) is 13.7. The third-order valence-electron chi connectivity index (χ3n) is 2.25. The van der Waals surface area contributed by atoms with E-state index < -0.39 is 22.3 Å². The van der Waals surface area contributed by atoms with E-state index in [1.807, 2.05) is 6.07 Å². The first-order chi connectivity index (χ1) is 8.45. The number of hydrogen-bond acceptors (Lipinski definition) is 4. The van der Waals surface area contributed by atoms with Crippen LogP contribution < -0.4 is 0 Å². The Kier molecular flexibility index (Phi) is 4.32. The van der Waals surface area contributed by atoms with Gasteiger partial charge in [-0.15, -0.1) is 0 Å². The summed E-state index contributed by atoms with van der Waals surface area (Å²) in [4.78, 5) is 22.8. The number of carbonyl (C=O) groups is 1. The van der Waals surface area contributed by atoms with Gasteiger partial charge in [0, 0.05) is 25.2 Å². The summed E-state index contributed by atoms with van der Waals surface area (Å²) in [5.41, 5.74) is -0.589. The molecule has 0 fully saturated rings. The second kappa shape index (κ2) is 5.72. The summed E-state index contributed by atoms with van der Waals surface area (Å²) in [5.74, 6) is -1.41. The van der Waals surface area contributed by atoms with E-state index >= 15 is 0 Å². The number of hydrogen-bond donors (Lipinski definition) is 0. The highest BCUT2D eigenvalue weighted by Gasteiger charge is 2.17. The van der Waals surface area contributed by atoms with E-state index in [-0.39, 0.29) is 18.5 Å². The molecule has 0 bridgehead atoms. The molecule has 1 aromatic rings. The van der Waals surface area contributed by atoms with E-state index in [0.717, 1.165) is 18.2 Å². The molecule has 0 saturated carbocycles. The van der Waals surface area contributed by atoms with Crippen molar-refractivity contribution in [2.24, 2.45) is 0 Å². The summed E-state index contributed by atoms with van der Waals surface area (Å²) in [6, 6.07) is 4.55. The van der Waals surface area contributed by atoms with Crippen LogP contribution in [0.4, 0.5) is 10.1 Å². The Labute approximate surface area is 102 Å². The van der Waals surface area contributed by atoms with Crippen molar-refractivity contribution in [1.29, 1.82) is 5.26 Å². The Bertz CT molecular complexity index is 525. The van der Waals surface area contributed by atoms with Gasteiger partial charge in [-0.1, -0.05) is 0 Å². The lowest BCUT2D eigenvalue weighted by Gasteiger charge is -2.15. The molecule has 1 amide bonds. The number of nitrogens with zero attached hydrogens (tertiary/aromatic N) is 3. The van der Waals surface area contributed by atoms with Crippen LogP contribution in [0.5, 0.6) is 0 Å². The van der Waals surface area contributed by atoms with Crippen LogP contribution in [0.1, 0.15) is 16.8 Å². The van der Waals surface area contributed by atoms with E-state index in [1.54, 1.807) is 0 Å². The van der Waals surface area contributed by atoms with Gasteiger partial charge in [0.1, 0.15) is 5.82 Å². The molecule has 0 aliphatic rings. The topological polar surface area (TPSA) is 87.2 Å². The van der Waals surface area contributed by atoms with Crippen molar-refractivity contribution >= 4 is 11.6 Å². The van der Waals surface area contributed by atoms with Crippen LogP contribution in [-0.2, 0) is 0 Å². The van der Waals surface area contributed by atoms with E-state index in [4.69, 9.17) is 5.26 Å². The minimum atomic E-state index is -0.846. The first-order valence-electron chi connectivity index (χ1n) is 5.03. The van der Waals surface area contributed by atoms with Crippen molar-refractivity contribution in [3.63, 3.8) is 0 Å². The van der Waals surface area contributed by atoms with Gasteiger partial charge in [-0.3, -0.25) is 14.9 Å². The van der Waals surface area contributed by atoms with E-state index in [1.165, 1.54) is 11.9 Å². The summed E-state index contributed by atoms with van der Waals surface area (Å²) < 4.78 is 13.1. The smallest absolute Gasteiger partial charge is 0.273 e. The zero-order valence-electron chi connectivity index (χ0n) is 9.59. The van der Waals surface area contributed by atoms with Gasteiger partial charge in [-0.2, -0.15) is 5.26 Å². The fraction of sp³-hybridized carbons (Fsp3) is 0.273. The highest BCUT2D eigenvalue weighted by Crippen LogP contribution is 2.17. The van der Waals surface area contributed by atoms with Gasteiger partial charge in [0.25, 0.3) is 11.6 Å². The summed E-state index contributed by atoms with van der Waals surface area (Å²) in [6.45, 7) is 0.180. The first-order valence-corrected chi connectivity index (χ1v) is 5.03. The lowest BCUT2D eigenvalue weighted by Crippen LogP contribution is -2.27. The first kappa shape index (κ1) is 13.6. The molecule has 0 aromatic heterocycles. The number of rotatable bonds is 4. The lowest BCUT2D eigenvalue weighted by molar-refractivity contribution is -0.385. The molecule has 0 atom stereocenters. The van der Waals surface area contributed by atoms with Crippen molar-refractivity contribution in [2.45, 2.75) is 6.42 Å². The maximum atomic E-state index is 13.1. The number of carbonyl (C=O) groups excluding carboxylic acids is 1. The van der Waals surface area contributed by atoms with Crippen molar-refractivity contribution in [2.75, 3.05) is 13.6 Å². The second-order valence-electron chi connectivity index (χ2n) is 3.59. The predicted octanol–water partition coefficient (Wildman–Crippen LogP) is 1.72. The Hall–Kier alpha value is -2.49. The Balaban J connectivity index is 2.99. The molecule has 94 valence electrons.